The monoisotopic (exact) mass is 183 g/mol. The van der Waals surface area contributed by atoms with Crippen molar-refractivity contribution in [2.45, 2.75) is 6.54 Å². The van der Waals surface area contributed by atoms with Gasteiger partial charge in [0.25, 0.3) is 0 Å². The quantitative estimate of drug-likeness (QED) is 0.546. The fourth-order valence-electron chi connectivity index (χ4n) is 0.665. The second-order valence-corrected chi connectivity index (χ2v) is 3.04. The lowest BCUT2D eigenvalue weighted by Crippen LogP contribution is -2.18. The molecule has 1 aromatic heterocycles. The Morgan fingerprint density at radius 1 is 1.64 bits per heavy atom. The van der Waals surface area contributed by atoms with Gasteiger partial charge in [0.1, 0.15) is 0 Å². The molecule has 0 saturated heterocycles. The van der Waals surface area contributed by atoms with Gasteiger partial charge in [-0.15, -0.1) is 0 Å². The van der Waals surface area contributed by atoms with Crippen LogP contribution < -0.4 is 5.32 Å². The zero-order valence-electron chi connectivity index (χ0n) is 5.78. The maximum Gasteiger partial charge on any atom is 0.0594 e. The summed E-state index contributed by atoms with van der Waals surface area (Å²) in [6.45, 7) is 0.614. The summed E-state index contributed by atoms with van der Waals surface area (Å²) in [7, 11) is 0. The van der Waals surface area contributed by atoms with Gasteiger partial charge in [-0.1, -0.05) is 10.4 Å². The van der Waals surface area contributed by atoms with Crippen LogP contribution in [-0.2, 0) is 19.2 Å². The van der Waals surface area contributed by atoms with E-state index in [2.05, 4.69) is 35.1 Å². The lowest BCUT2D eigenvalue weighted by Gasteiger charge is -2.07. The fraction of sp³-hybridized carbons (Fsp3) is 0.143. The molecule has 0 aliphatic rings. The van der Waals surface area contributed by atoms with E-state index in [1.807, 2.05) is 18.2 Å². The van der Waals surface area contributed by atoms with Crippen LogP contribution in [0.5, 0.6) is 0 Å². The summed E-state index contributed by atoms with van der Waals surface area (Å²) < 4.78 is 0.385. The van der Waals surface area contributed by atoms with Crippen molar-refractivity contribution in [1.29, 1.82) is 0 Å². The van der Waals surface area contributed by atoms with Crippen molar-refractivity contribution < 1.29 is 0 Å². The van der Waals surface area contributed by atoms with Gasteiger partial charge >= 0.3 is 0 Å². The number of rotatable bonds is 2. The van der Waals surface area contributed by atoms with Crippen molar-refractivity contribution in [3.05, 3.63) is 30.1 Å². The van der Waals surface area contributed by atoms with Gasteiger partial charge in [0, 0.05) is 6.20 Å². The average molecular weight is 183 g/mol. The van der Waals surface area contributed by atoms with Crippen LogP contribution >= 0.6 is 12.2 Å². The van der Waals surface area contributed by atoms with Crippen LogP contribution in [0.4, 0.5) is 0 Å². The van der Waals surface area contributed by atoms with E-state index in [-0.39, 0.29) is 0 Å². The molecule has 0 unspecified atom stereocenters. The van der Waals surface area contributed by atoms with Gasteiger partial charge in [-0.2, -0.15) is 0 Å². The van der Waals surface area contributed by atoms with Crippen LogP contribution in [0, 0.1) is 0 Å². The summed E-state index contributed by atoms with van der Waals surface area (Å²) in [6, 6.07) is 5.71. The van der Waals surface area contributed by atoms with E-state index in [0.29, 0.717) is 10.9 Å². The Balaban J connectivity index is 2.45. The third-order valence-electron chi connectivity index (χ3n) is 1.14. The van der Waals surface area contributed by atoms with Gasteiger partial charge in [-0.25, -0.2) is 0 Å². The van der Waals surface area contributed by atoms with Gasteiger partial charge < -0.3 is 30.2 Å². The van der Waals surface area contributed by atoms with Crippen LogP contribution in [0.2, 0.25) is 0 Å². The first kappa shape index (κ1) is 8.36. The molecule has 1 aromatic rings. The molecular weight excluding hydrogens is 176 g/mol. The second kappa shape index (κ2) is 4.20. The molecule has 11 heavy (non-hydrogen) atoms. The number of thiocarbonyl (C=S) groups is 1. The van der Waals surface area contributed by atoms with Gasteiger partial charge in [0.05, 0.1) is 12.2 Å². The van der Waals surface area contributed by atoms with Crippen molar-refractivity contribution >= 4 is 29.2 Å². The number of nitrogens with one attached hydrogen (secondary N) is 1. The summed E-state index contributed by atoms with van der Waals surface area (Å²) in [5.41, 5.74) is 0.944. The molecule has 4 heteroatoms. The van der Waals surface area contributed by atoms with Crippen molar-refractivity contribution in [3.8, 4) is 0 Å². The Morgan fingerprint density at radius 2 is 2.45 bits per heavy atom. The van der Waals surface area contributed by atoms with Crippen LogP contribution in [0.15, 0.2) is 24.4 Å². The lowest BCUT2D eigenvalue weighted by atomic mass is 10.3. The minimum atomic E-state index is 0.385. The Morgan fingerprint density at radius 3 is 3.00 bits per heavy atom. The largest absolute Gasteiger partial charge is 0.412 e. The van der Waals surface area contributed by atoms with Crippen molar-refractivity contribution in [2.75, 3.05) is 0 Å². The molecule has 0 radical (unpaired) electrons. The SMILES string of the molecule is S=C([S-])NCc1ccccn1. The van der Waals surface area contributed by atoms with Gasteiger partial charge in [-0.05, 0) is 12.1 Å². The van der Waals surface area contributed by atoms with Crippen LogP contribution in [0.25, 0.3) is 0 Å². The first-order valence-corrected chi connectivity index (χ1v) is 3.95. The molecule has 0 fully saturated rings. The molecule has 1 heterocycles. The Bertz CT molecular complexity index is 235. The molecule has 0 aromatic carbocycles. The lowest BCUT2D eigenvalue weighted by molar-refractivity contribution is 0.893. The fourth-order valence-corrected chi connectivity index (χ4v) is 0.810. The molecule has 58 valence electrons. The number of pyridine rings is 1. The smallest absolute Gasteiger partial charge is 0.0594 e. The van der Waals surface area contributed by atoms with Gasteiger partial charge in [-0.3, -0.25) is 4.98 Å². The summed E-state index contributed by atoms with van der Waals surface area (Å²) in [5, 5.41) is 2.85. The number of hydrogen-bond acceptors (Lipinski definition) is 3. The predicted octanol–water partition coefficient (Wildman–Crippen LogP) is 1.00. The molecule has 1 N–H and O–H groups in total. The van der Waals surface area contributed by atoms with Gasteiger partial charge in [0.15, 0.2) is 0 Å². The zero-order chi connectivity index (χ0) is 8.10. The molecule has 0 bridgehead atoms. The molecule has 0 atom stereocenters. The number of hydrogen-bond donors (Lipinski definition) is 1. The second-order valence-electron chi connectivity index (χ2n) is 1.96. The van der Waals surface area contributed by atoms with Crippen LogP contribution in [0.1, 0.15) is 5.69 Å². The number of nitrogens with zero attached hydrogens (tertiary/aromatic N) is 1. The molecule has 0 aliphatic heterocycles. The molecule has 1 rings (SSSR count). The Labute approximate surface area is 76.4 Å². The van der Waals surface area contributed by atoms with Crippen molar-refractivity contribution in [3.63, 3.8) is 0 Å². The Hall–Kier alpha value is -0.740. The highest BCUT2D eigenvalue weighted by molar-refractivity contribution is 8.00. The van der Waals surface area contributed by atoms with E-state index < -0.39 is 0 Å². The van der Waals surface area contributed by atoms with E-state index in [9.17, 15) is 0 Å². The van der Waals surface area contributed by atoms with E-state index >= 15 is 0 Å². The predicted molar refractivity (Wildman–Crippen MR) is 51.0 cm³/mol. The molecule has 2 nitrogen and oxygen atoms in total. The summed E-state index contributed by atoms with van der Waals surface area (Å²) in [4.78, 5) is 4.08. The van der Waals surface area contributed by atoms with Crippen LogP contribution in [-0.4, -0.2) is 9.30 Å². The molecule has 0 spiro atoms. The van der Waals surface area contributed by atoms with Crippen molar-refractivity contribution in [2.24, 2.45) is 0 Å². The maximum absolute atomic E-state index is 4.67. The van der Waals surface area contributed by atoms with E-state index in [4.69, 9.17) is 0 Å². The first-order chi connectivity index (χ1) is 5.29. The van der Waals surface area contributed by atoms with E-state index in [0.717, 1.165) is 5.69 Å². The summed E-state index contributed by atoms with van der Waals surface area (Å²) in [6.07, 6.45) is 1.74. The minimum Gasteiger partial charge on any atom is -0.412 e. The normalized spacial score (nSPS) is 9.09. The molecule has 0 aliphatic carbocycles. The summed E-state index contributed by atoms with van der Waals surface area (Å²) >= 11 is 9.34. The Kier molecular flexibility index (Phi) is 3.19. The van der Waals surface area contributed by atoms with E-state index in [1.165, 1.54) is 0 Å². The molecular formula is C7H7N2S2-. The van der Waals surface area contributed by atoms with Gasteiger partial charge in [0.2, 0.25) is 0 Å². The third kappa shape index (κ3) is 3.25. The van der Waals surface area contributed by atoms with Crippen molar-refractivity contribution in [1.82, 2.24) is 10.3 Å². The third-order valence-corrected chi connectivity index (χ3v) is 1.43. The average Bonchev–Trinajstić information content (AvgIpc) is 2.03. The number of aromatic nitrogens is 1. The molecule has 0 saturated carbocycles. The summed E-state index contributed by atoms with van der Waals surface area (Å²) in [5.74, 6) is 0. The van der Waals surface area contributed by atoms with Crippen LogP contribution in [0.3, 0.4) is 0 Å². The highest BCUT2D eigenvalue weighted by atomic mass is 32.1. The topological polar surface area (TPSA) is 24.9 Å². The zero-order valence-corrected chi connectivity index (χ0v) is 7.41. The highest BCUT2D eigenvalue weighted by Gasteiger charge is 1.87. The maximum atomic E-state index is 4.67. The first-order valence-electron chi connectivity index (χ1n) is 3.14. The molecule has 0 amide bonds. The van der Waals surface area contributed by atoms with E-state index in [1.54, 1.807) is 6.20 Å². The highest BCUT2D eigenvalue weighted by Crippen LogP contribution is 1.91. The standard InChI is InChI=1S/C7H8N2S2/c10-7(11)9-5-6-3-1-2-4-8-6/h1-4H,5H2,(H2,9,10,11)/p-1. The minimum absolute atomic E-state index is 0.385.